The topological polar surface area (TPSA) is 53.1 Å². The fourth-order valence-corrected chi connectivity index (χ4v) is 2.60. The first-order chi connectivity index (χ1) is 9.81. The van der Waals surface area contributed by atoms with Gasteiger partial charge in [0.2, 0.25) is 0 Å². The van der Waals surface area contributed by atoms with Crippen LogP contribution in [-0.4, -0.2) is 47.1 Å². The quantitative estimate of drug-likeness (QED) is 0.802. The van der Waals surface area contributed by atoms with Gasteiger partial charge in [-0.25, -0.2) is 4.98 Å². The van der Waals surface area contributed by atoms with E-state index in [0.717, 1.165) is 24.6 Å². The molecular formula is C15H27N5. The Kier molecular flexibility index (Phi) is 6.05. The molecule has 0 atom stereocenters. The average molecular weight is 277 g/mol. The second kappa shape index (κ2) is 8.04. The number of hydrogen-bond acceptors (Lipinski definition) is 5. The van der Waals surface area contributed by atoms with Crippen molar-refractivity contribution < 1.29 is 0 Å². The molecule has 1 aromatic heterocycles. The predicted octanol–water partition coefficient (Wildman–Crippen LogP) is 2.58. The van der Waals surface area contributed by atoms with E-state index in [4.69, 9.17) is 0 Å². The highest BCUT2D eigenvalue weighted by Crippen LogP contribution is 2.16. The second-order valence-electron chi connectivity index (χ2n) is 5.48. The number of piperidine rings is 1. The maximum atomic E-state index is 4.56. The maximum absolute atomic E-state index is 4.56. The predicted molar refractivity (Wildman–Crippen MR) is 84.2 cm³/mol. The largest absolute Gasteiger partial charge is 0.369 e. The van der Waals surface area contributed by atoms with Gasteiger partial charge in [0.25, 0.3) is 0 Å². The fraction of sp³-hybridized carbons (Fsp3) is 0.733. The van der Waals surface area contributed by atoms with Crippen LogP contribution in [0.25, 0.3) is 0 Å². The maximum Gasteiger partial charge on any atom is 0.147 e. The highest BCUT2D eigenvalue weighted by Gasteiger charge is 2.18. The van der Waals surface area contributed by atoms with Crippen LogP contribution < -0.4 is 10.6 Å². The Hall–Kier alpha value is -1.36. The summed E-state index contributed by atoms with van der Waals surface area (Å²) in [6, 6.07) is 0.527. The van der Waals surface area contributed by atoms with E-state index in [9.17, 15) is 0 Å². The lowest BCUT2D eigenvalue weighted by molar-refractivity contribution is 0.219. The van der Waals surface area contributed by atoms with Crippen LogP contribution >= 0.6 is 0 Å². The van der Waals surface area contributed by atoms with E-state index in [0.29, 0.717) is 6.04 Å². The average Bonchev–Trinajstić information content (AvgIpc) is 2.48. The molecule has 0 aromatic carbocycles. The van der Waals surface area contributed by atoms with E-state index in [1.54, 1.807) is 6.20 Å². The molecule has 0 saturated carbocycles. The third kappa shape index (κ3) is 4.63. The lowest BCUT2D eigenvalue weighted by atomic mass is 10.1. The molecule has 1 fully saturated rings. The van der Waals surface area contributed by atoms with Gasteiger partial charge in [0.1, 0.15) is 11.6 Å². The van der Waals surface area contributed by atoms with E-state index in [1.807, 2.05) is 6.20 Å². The number of nitrogens with zero attached hydrogens (tertiary/aromatic N) is 3. The Morgan fingerprint density at radius 2 is 1.90 bits per heavy atom. The minimum absolute atomic E-state index is 0.527. The summed E-state index contributed by atoms with van der Waals surface area (Å²) in [7, 11) is 0. The molecule has 1 aliphatic heterocycles. The van der Waals surface area contributed by atoms with E-state index in [-0.39, 0.29) is 0 Å². The van der Waals surface area contributed by atoms with E-state index < -0.39 is 0 Å². The Morgan fingerprint density at radius 3 is 2.60 bits per heavy atom. The van der Waals surface area contributed by atoms with Gasteiger partial charge in [-0.1, -0.05) is 13.8 Å². The number of hydrogen-bond donors (Lipinski definition) is 2. The SMILES string of the molecule is CCCNc1cncc(NC2CCN(CCC)CC2)n1. The number of anilines is 2. The highest BCUT2D eigenvalue weighted by molar-refractivity contribution is 5.42. The molecule has 20 heavy (non-hydrogen) atoms. The van der Waals surface area contributed by atoms with Crippen LogP contribution in [0.1, 0.15) is 39.5 Å². The van der Waals surface area contributed by atoms with Crippen molar-refractivity contribution in [2.75, 3.05) is 36.8 Å². The highest BCUT2D eigenvalue weighted by atomic mass is 15.2. The van der Waals surface area contributed by atoms with Gasteiger partial charge < -0.3 is 15.5 Å². The minimum atomic E-state index is 0.527. The Balaban J connectivity index is 1.81. The van der Waals surface area contributed by atoms with Crippen LogP contribution in [0.5, 0.6) is 0 Å². The summed E-state index contributed by atoms with van der Waals surface area (Å²) in [5.74, 6) is 1.75. The lowest BCUT2D eigenvalue weighted by Crippen LogP contribution is -2.39. The molecule has 2 N–H and O–H groups in total. The first-order valence-corrected chi connectivity index (χ1v) is 7.86. The molecule has 1 aliphatic rings. The molecule has 2 rings (SSSR count). The molecule has 0 bridgehead atoms. The monoisotopic (exact) mass is 277 g/mol. The summed E-state index contributed by atoms with van der Waals surface area (Å²) in [4.78, 5) is 11.4. The van der Waals surface area contributed by atoms with Gasteiger partial charge in [-0.2, -0.15) is 0 Å². The number of nitrogens with one attached hydrogen (secondary N) is 2. The first-order valence-electron chi connectivity index (χ1n) is 7.86. The van der Waals surface area contributed by atoms with E-state index in [2.05, 4.69) is 39.3 Å². The lowest BCUT2D eigenvalue weighted by Gasteiger charge is -2.32. The molecule has 112 valence electrons. The standard InChI is InChI=1S/C15H27N5/c1-3-7-17-14-11-16-12-15(19-14)18-13-5-9-20(8-4-2)10-6-13/h11-13H,3-10H2,1-2H3,(H2,17,18,19). The van der Waals surface area contributed by atoms with Crippen molar-refractivity contribution in [1.82, 2.24) is 14.9 Å². The van der Waals surface area contributed by atoms with Crippen LogP contribution in [-0.2, 0) is 0 Å². The van der Waals surface area contributed by atoms with Crippen molar-refractivity contribution >= 4 is 11.6 Å². The molecule has 1 saturated heterocycles. The zero-order chi connectivity index (χ0) is 14.2. The van der Waals surface area contributed by atoms with Crippen molar-refractivity contribution in [3.63, 3.8) is 0 Å². The normalized spacial score (nSPS) is 17.1. The first kappa shape index (κ1) is 15.0. The third-order valence-electron chi connectivity index (χ3n) is 3.67. The summed E-state index contributed by atoms with van der Waals surface area (Å²) in [6.45, 7) is 8.93. The van der Waals surface area contributed by atoms with Gasteiger partial charge in [0.05, 0.1) is 12.4 Å². The second-order valence-corrected chi connectivity index (χ2v) is 5.48. The molecule has 0 spiro atoms. The number of likely N-dealkylation sites (tertiary alicyclic amines) is 1. The summed E-state index contributed by atoms with van der Waals surface area (Å²) in [5.41, 5.74) is 0. The summed E-state index contributed by atoms with van der Waals surface area (Å²) in [6.07, 6.45) is 8.31. The summed E-state index contributed by atoms with van der Waals surface area (Å²) < 4.78 is 0. The molecular weight excluding hydrogens is 250 g/mol. The molecule has 1 aromatic rings. The van der Waals surface area contributed by atoms with Gasteiger partial charge in [0.15, 0.2) is 0 Å². The molecule has 0 amide bonds. The molecule has 0 radical (unpaired) electrons. The van der Waals surface area contributed by atoms with Gasteiger partial charge in [-0.15, -0.1) is 0 Å². The smallest absolute Gasteiger partial charge is 0.147 e. The van der Waals surface area contributed by atoms with Crippen molar-refractivity contribution in [1.29, 1.82) is 0 Å². The zero-order valence-electron chi connectivity index (χ0n) is 12.7. The van der Waals surface area contributed by atoms with Crippen LogP contribution in [0.4, 0.5) is 11.6 Å². The van der Waals surface area contributed by atoms with Gasteiger partial charge in [0, 0.05) is 25.7 Å². The number of aromatic nitrogens is 2. The summed E-state index contributed by atoms with van der Waals surface area (Å²) in [5, 5.41) is 6.79. The van der Waals surface area contributed by atoms with Gasteiger partial charge in [-0.3, -0.25) is 4.98 Å². The van der Waals surface area contributed by atoms with Crippen molar-refractivity contribution in [2.45, 2.75) is 45.6 Å². The molecule has 0 aliphatic carbocycles. The number of rotatable bonds is 7. The van der Waals surface area contributed by atoms with Gasteiger partial charge in [-0.05, 0) is 32.2 Å². The van der Waals surface area contributed by atoms with Crippen LogP contribution in [0, 0.1) is 0 Å². The summed E-state index contributed by atoms with van der Waals surface area (Å²) >= 11 is 0. The van der Waals surface area contributed by atoms with Crippen molar-refractivity contribution in [3.8, 4) is 0 Å². The van der Waals surface area contributed by atoms with Crippen molar-refractivity contribution in [2.24, 2.45) is 0 Å². The van der Waals surface area contributed by atoms with Crippen LogP contribution in [0.15, 0.2) is 12.4 Å². The molecule has 2 heterocycles. The third-order valence-corrected chi connectivity index (χ3v) is 3.67. The Bertz CT molecular complexity index is 388. The molecule has 0 unspecified atom stereocenters. The van der Waals surface area contributed by atoms with Gasteiger partial charge >= 0.3 is 0 Å². The fourth-order valence-electron chi connectivity index (χ4n) is 2.60. The zero-order valence-corrected chi connectivity index (χ0v) is 12.7. The van der Waals surface area contributed by atoms with E-state index in [1.165, 1.54) is 38.9 Å². The van der Waals surface area contributed by atoms with Crippen molar-refractivity contribution in [3.05, 3.63) is 12.4 Å². The Labute approximate surface area is 122 Å². The van der Waals surface area contributed by atoms with Crippen LogP contribution in [0.3, 0.4) is 0 Å². The molecule has 5 nitrogen and oxygen atoms in total. The van der Waals surface area contributed by atoms with Crippen LogP contribution in [0.2, 0.25) is 0 Å². The van der Waals surface area contributed by atoms with E-state index >= 15 is 0 Å². The Morgan fingerprint density at radius 1 is 1.15 bits per heavy atom. The molecule has 5 heteroatoms. The minimum Gasteiger partial charge on any atom is -0.369 e.